The number of hydrogen-bond donors (Lipinski definition) is 2. The van der Waals surface area contributed by atoms with Crippen LogP contribution in [-0.4, -0.2) is 12.7 Å². The highest BCUT2D eigenvalue weighted by Gasteiger charge is 2.50. The first-order valence-electron chi connectivity index (χ1n) is 11.6. The number of nitrogens with two attached hydrogens (primary N) is 1. The summed E-state index contributed by atoms with van der Waals surface area (Å²) >= 11 is 0. The van der Waals surface area contributed by atoms with Gasteiger partial charge in [-0.2, -0.15) is 0 Å². The molecule has 2 aromatic carbocycles. The maximum Gasteiger partial charge on any atom is 0.0761 e. The lowest BCUT2D eigenvalue weighted by molar-refractivity contribution is 0.0968. The Bertz CT molecular complexity index is 693. The summed E-state index contributed by atoms with van der Waals surface area (Å²) < 4.78 is 0. The third-order valence-corrected chi connectivity index (χ3v) is 6.82. The van der Waals surface area contributed by atoms with Gasteiger partial charge >= 0.3 is 0 Å². The molecular formula is C27H44Cl2N2. The van der Waals surface area contributed by atoms with Crippen LogP contribution in [-0.2, 0) is 11.8 Å². The highest BCUT2D eigenvalue weighted by atomic mass is 35.5. The summed E-state index contributed by atoms with van der Waals surface area (Å²) in [4.78, 5) is 0. The zero-order chi connectivity index (χ0) is 21.2. The van der Waals surface area contributed by atoms with Crippen LogP contribution in [0.4, 0.5) is 0 Å². The van der Waals surface area contributed by atoms with Crippen molar-refractivity contribution in [2.24, 2.45) is 11.7 Å². The lowest BCUT2D eigenvalue weighted by atomic mass is 9.59. The first-order valence-corrected chi connectivity index (χ1v) is 11.6. The predicted molar refractivity (Wildman–Crippen MR) is 142 cm³/mol. The minimum Gasteiger partial charge on any atom is -0.313 e. The minimum atomic E-state index is -0.405. The van der Waals surface area contributed by atoms with Gasteiger partial charge in [-0.3, -0.25) is 0 Å². The Balaban J connectivity index is 0.00000450. The topological polar surface area (TPSA) is 38.0 Å². The maximum absolute atomic E-state index is 7.19. The molecule has 0 aliphatic heterocycles. The summed E-state index contributed by atoms with van der Waals surface area (Å²) in [6, 6.07) is 21.8. The van der Waals surface area contributed by atoms with E-state index in [1.807, 2.05) is 7.05 Å². The van der Waals surface area contributed by atoms with E-state index in [0.717, 1.165) is 25.7 Å². The second kappa shape index (κ2) is 14.9. The number of aryl methyl sites for hydroxylation is 1. The largest absolute Gasteiger partial charge is 0.313 e. The molecule has 0 saturated heterocycles. The normalized spacial score (nSPS) is 14.8. The van der Waals surface area contributed by atoms with Gasteiger partial charge in [0.15, 0.2) is 0 Å². The Morgan fingerprint density at radius 2 is 1.39 bits per heavy atom. The molecular weight excluding hydrogens is 423 g/mol. The van der Waals surface area contributed by atoms with Gasteiger partial charge in [-0.25, -0.2) is 0 Å². The van der Waals surface area contributed by atoms with Crippen LogP contribution >= 0.6 is 24.8 Å². The van der Waals surface area contributed by atoms with E-state index in [1.54, 1.807) is 0 Å². The van der Waals surface area contributed by atoms with Crippen molar-refractivity contribution in [1.82, 2.24) is 5.32 Å². The molecule has 0 amide bonds. The second-order valence-electron chi connectivity index (χ2n) is 8.86. The standard InChI is InChI=1S/C27H42N2.2ClH/c1-5-6-22-27(28,29-4)26(23(2)3,25-19-13-8-14-20-25)21-15-9-12-18-24-16-10-7-11-17-24;;/h7-8,10-11,13-14,16-17,19-20,23,29H,5-6,9,12,15,18,21-22,28H2,1-4H3;2*1H. The Kier molecular flexibility index (Phi) is 14.4. The average Bonchev–Trinajstić information content (AvgIpc) is 2.75. The SMILES string of the molecule is CCCCC(N)(NC)C(CCCCCc1ccccc1)(c1ccccc1)C(C)C.Cl.Cl. The smallest absolute Gasteiger partial charge is 0.0761 e. The van der Waals surface area contributed by atoms with Gasteiger partial charge in [0.1, 0.15) is 0 Å². The number of rotatable bonds is 13. The van der Waals surface area contributed by atoms with Crippen LogP contribution in [0.15, 0.2) is 60.7 Å². The number of benzene rings is 2. The zero-order valence-electron chi connectivity index (χ0n) is 19.9. The third kappa shape index (κ3) is 7.49. The zero-order valence-corrected chi connectivity index (χ0v) is 21.5. The van der Waals surface area contributed by atoms with Gasteiger partial charge < -0.3 is 11.1 Å². The maximum atomic E-state index is 7.19. The van der Waals surface area contributed by atoms with Crippen LogP contribution in [0.1, 0.15) is 76.8 Å². The van der Waals surface area contributed by atoms with Gasteiger partial charge in [0.05, 0.1) is 5.66 Å². The van der Waals surface area contributed by atoms with Crippen LogP contribution < -0.4 is 11.1 Å². The first kappa shape index (κ1) is 29.9. The van der Waals surface area contributed by atoms with Crippen LogP contribution in [0, 0.1) is 5.92 Å². The van der Waals surface area contributed by atoms with Crippen molar-refractivity contribution < 1.29 is 0 Å². The molecule has 0 spiro atoms. The fourth-order valence-electron chi connectivity index (χ4n) is 5.08. The molecule has 0 aromatic heterocycles. The molecule has 0 saturated carbocycles. The Morgan fingerprint density at radius 1 is 0.806 bits per heavy atom. The summed E-state index contributed by atoms with van der Waals surface area (Å²) in [5.74, 6) is 0.452. The highest BCUT2D eigenvalue weighted by molar-refractivity contribution is 5.85. The number of likely N-dealkylation sites (N-methyl/N-ethyl adjacent to an activating group) is 1. The molecule has 2 nitrogen and oxygen atoms in total. The summed E-state index contributed by atoms with van der Waals surface area (Å²) in [7, 11) is 2.05. The van der Waals surface area contributed by atoms with Crippen molar-refractivity contribution in [2.75, 3.05) is 7.05 Å². The van der Waals surface area contributed by atoms with Crippen molar-refractivity contribution in [1.29, 1.82) is 0 Å². The van der Waals surface area contributed by atoms with Gasteiger partial charge in [0.2, 0.25) is 0 Å². The number of unbranched alkanes of at least 4 members (excludes halogenated alkanes) is 3. The van der Waals surface area contributed by atoms with Gasteiger partial charge in [-0.15, -0.1) is 24.8 Å². The van der Waals surface area contributed by atoms with E-state index in [-0.39, 0.29) is 30.2 Å². The second-order valence-corrected chi connectivity index (χ2v) is 8.86. The fraction of sp³-hybridized carbons (Fsp3) is 0.556. The molecule has 2 aromatic rings. The summed E-state index contributed by atoms with van der Waals surface area (Å²) in [6.45, 7) is 6.95. The molecule has 2 atom stereocenters. The number of halogens is 2. The molecule has 2 rings (SSSR count). The number of nitrogens with one attached hydrogen (secondary N) is 1. The number of hydrogen-bond acceptors (Lipinski definition) is 2. The Morgan fingerprint density at radius 3 is 1.90 bits per heavy atom. The van der Waals surface area contributed by atoms with E-state index in [2.05, 4.69) is 86.8 Å². The van der Waals surface area contributed by atoms with Crippen LogP contribution in [0.2, 0.25) is 0 Å². The minimum absolute atomic E-state index is 0. The quantitative estimate of drug-likeness (QED) is 0.240. The molecule has 2 unspecified atom stereocenters. The van der Waals surface area contributed by atoms with Crippen molar-refractivity contribution in [3.05, 3.63) is 71.8 Å². The summed E-state index contributed by atoms with van der Waals surface area (Å²) in [5, 5.41) is 3.58. The van der Waals surface area contributed by atoms with Crippen molar-refractivity contribution >= 4 is 24.8 Å². The molecule has 0 fully saturated rings. The third-order valence-electron chi connectivity index (χ3n) is 6.82. The average molecular weight is 468 g/mol. The fourth-order valence-corrected chi connectivity index (χ4v) is 5.08. The molecule has 4 heteroatoms. The van der Waals surface area contributed by atoms with Crippen molar-refractivity contribution in [2.45, 2.75) is 83.2 Å². The van der Waals surface area contributed by atoms with Crippen LogP contribution in [0.5, 0.6) is 0 Å². The van der Waals surface area contributed by atoms with E-state index >= 15 is 0 Å². The van der Waals surface area contributed by atoms with Gasteiger partial charge in [0.25, 0.3) is 0 Å². The lowest BCUT2D eigenvalue weighted by Gasteiger charge is -2.52. The Labute approximate surface area is 203 Å². The molecule has 0 aliphatic rings. The highest BCUT2D eigenvalue weighted by Crippen LogP contribution is 2.46. The van der Waals surface area contributed by atoms with E-state index in [0.29, 0.717) is 5.92 Å². The first-order chi connectivity index (χ1) is 14.0. The molecule has 0 bridgehead atoms. The van der Waals surface area contributed by atoms with Crippen molar-refractivity contribution in [3.8, 4) is 0 Å². The van der Waals surface area contributed by atoms with E-state index in [1.165, 1.54) is 36.8 Å². The molecule has 0 aliphatic carbocycles. The van der Waals surface area contributed by atoms with Crippen molar-refractivity contribution in [3.63, 3.8) is 0 Å². The lowest BCUT2D eigenvalue weighted by Crippen LogP contribution is -2.68. The molecule has 31 heavy (non-hydrogen) atoms. The monoisotopic (exact) mass is 466 g/mol. The summed E-state index contributed by atoms with van der Waals surface area (Å²) in [6.07, 6.45) is 9.26. The van der Waals surface area contributed by atoms with E-state index in [9.17, 15) is 0 Å². The van der Waals surface area contributed by atoms with E-state index < -0.39 is 5.66 Å². The van der Waals surface area contributed by atoms with Gasteiger partial charge in [-0.1, -0.05) is 107 Å². The van der Waals surface area contributed by atoms with Gasteiger partial charge in [0, 0.05) is 5.41 Å². The van der Waals surface area contributed by atoms with Crippen LogP contribution in [0.3, 0.4) is 0 Å². The molecule has 0 heterocycles. The Hall–Kier alpha value is -1.06. The van der Waals surface area contributed by atoms with Gasteiger partial charge in [-0.05, 0) is 49.8 Å². The summed E-state index contributed by atoms with van der Waals surface area (Å²) in [5.41, 5.74) is 9.53. The van der Waals surface area contributed by atoms with E-state index in [4.69, 9.17) is 5.73 Å². The predicted octanol–water partition coefficient (Wildman–Crippen LogP) is 7.29. The molecule has 0 radical (unpaired) electrons. The van der Waals surface area contributed by atoms with Crippen LogP contribution in [0.25, 0.3) is 0 Å². The molecule has 3 N–H and O–H groups in total. The molecule has 176 valence electrons.